The molecule has 2 aliphatic heterocycles. The van der Waals surface area contributed by atoms with Gasteiger partial charge in [0.2, 0.25) is 5.28 Å². The molecule has 0 aromatic carbocycles. The molecule has 6 atom stereocenters. The largest absolute Gasteiger partial charge is 0.382 e. The molecule has 0 amide bonds. The van der Waals surface area contributed by atoms with Crippen molar-refractivity contribution in [3.63, 3.8) is 0 Å². The lowest BCUT2D eigenvalue weighted by molar-refractivity contribution is -0.155. The van der Waals surface area contributed by atoms with Gasteiger partial charge >= 0.3 is 0 Å². The smallest absolute Gasteiger partial charge is 0.226 e. The molecule has 0 bridgehead atoms. The lowest BCUT2D eigenvalue weighted by Crippen LogP contribution is -2.34. The molecule has 1 aliphatic carbocycles. The zero-order chi connectivity index (χ0) is 23.7. The highest BCUT2D eigenvalue weighted by Crippen LogP contribution is 2.77. The number of anilines is 1. The molecule has 0 radical (unpaired) electrons. The average molecular weight is 516 g/mol. The lowest BCUT2D eigenvalue weighted by Gasteiger charge is -2.26. The fourth-order valence-electron chi connectivity index (χ4n) is 5.22. The summed E-state index contributed by atoms with van der Waals surface area (Å²) in [6.07, 6.45) is 3.81. The molecule has 5 rings (SSSR count). The number of halogens is 1. The van der Waals surface area contributed by atoms with Gasteiger partial charge in [0.25, 0.3) is 0 Å². The van der Waals surface area contributed by atoms with E-state index in [-0.39, 0.29) is 46.7 Å². The molecule has 12 heteroatoms. The summed E-state index contributed by atoms with van der Waals surface area (Å²) in [5.41, 5.74) is 7.68. The Morgan fingerprint density at radius 2 is 1.91 bits per heavy atom. The van der Waals surface area contributed by atoms with Crippen LogP contribution in [0.5, 0.6) is 0 Å². The van der Waals surface area contributed by atoms with Crippen molar-refractivity contribution in [1.82, 2.24) is 19.5 Å². The van der Waals surface area contributed by atoms with Gasteiger partial charge in [0.15, 0.2) is 25.6 Å². The molecule has 2 saturated heterocycles. The Bertz CT molecular complexity index is 1040. The summed E-state index contributed by atoms with van der Waals surface area (Å²) < 4.78 is 27.3. The highest BCUT2D eigenvalue weighted by molar-refractivity contribution is 7.51. The van der Waals surface area contributed by atoms with Crippen LogP contribution in [0.3, 0.4) is 0 Å². The number of rotatable bonds is 8. The van der Waals surface area contributed by atoms with Crippen LogP contribution in [0.25, 0.3) is 11.2 Å². The molecule has 0 spiro atoms. The minimum Gasteiger partial charge on any atom is -0.382 e. The zero-order valence-electron chi connectivity index (χ0n) is 19.8. The third kappa shape index (κ3) is 4.29. The van der Waals surface area contributed by atoms with E-state index >= 15 is 0 Å². The summed E-state index contributed by atoms with van der Waals surface area (Å²) in [6.45, 7) is 12.2. The molecule has 1 saturated carbocycles. The van der Waals surface area contributed by atoms with Crippen molar-refractivity contribution in [3.05, 3.63) is 11.6 Å². The Labute approximate surface area is 202 Å². The molecular weight excluding hydrogens is 484 g/mol. The van der Waals surface area contributed by atoms with E-state index in [0.29, 0.717) is 16.8 Å². The van der Waals surface area contributed by atoms with E-state index in [1.807, 2.05) is 13.8 Å². The number of ether oxygens (including phenoxy) is 2. The van der Waals surface area contributed by atoms with Crippen molar-refractivity contribution in [2.24, 2.45) is 0 Å². The van der Waals surface area contributed by atoms with E-state index in [1.54, 1.807) is 6.33 Å². The zero-order valence-corrected chi connectivity index (χ0v) is 22.4. The van der Waals surface area contributed by atoms with Gasteiger partial charge in [-0.05, 0) is 59.6 Å². The van der Waals surface area contributed by atoms with Crippen LogP contribution in [-0.2, 0) is 18.5 Å². The van der Waals surface area contributed by atoms with Gasteiger partial charge in [-0.25, -0.2) is 4.98 Å². The van der Waals surface area contributed by atoms with Crippen molar-refractivity contribution >= 4 is 45.5 Å². The molecule has 2 N–H and O–H groups in total. The number of nitrogens with zero attached hydrogens (tertiary/aromatic N) is 4. The first-order chi connectivity index (χ1) is 15.5. The van der Waals surface area contributed by atoms with Crippen LogP contribution in [0.1, 0.15) is 54.0 Å². The molecule has 3 aliphatic rings. The van der Waals surface area contributed by atoms with E-state index in [1.165, 1.54) is 0 Å². The molecule has 4 heterocycles. The van der Waals surface area contributed by atoms with Crippen molar-refractivity contribution in [2.75, 3.05) is 11.9 Å². The third-order valence-electron chi connectivity index (χ3n) is 6.32. The van der Waals surface area contributed by atoms with Crippen LogP contribution < -0.4 is 5.73 Å². The van der Waals surface area contributed by atoms with Gasteiger partial charge in [-0.2, -0.15) is 9.97 Å². The standard InChI is InChI=1S/C21H32ClN5O4P2/c1-10(2)30-33(31-11(3)4)8-7-21-15-14(28-20(5,6)29-15)13(16(21)32-21)27-9-24-12-17(23)25-19(22)26-18(12)27/h9-11,13-16,32H,7-8H2,1-6H3,(H2,23,25,26). The molecule has 182 valence electrons. The van der Waals surface area contributed by atoms with E-state index in [2.05, 4.69) is 47.2 Å². The summed E-state index contributed by atoms with van der Waals surface area (Å²) in [7, 11) is -0.207. The minimum absolute atomic E-state index is 0.00268. The monoisotopic (exact) mass is 515 g/mol. The quantitative estimate of drug-likeness (QED) is 0.405. The van der Waals surface area contributed by atoms with Crippen molar-refractivity contribution in [3.8, 4) is 0 Å². The van der Waals surface area contributed by atoms with Gasteiger partial charge in [-0.3, -0.25) is 0 Å². The summed E-state index contributed by atoms with van der Waals surface area (Å²) in [6, 6.07) is 0.0498. The predicted octanol–water partition coefficient (Wildman–Crippen LogP) is 4.49. The van der Waals surface area contributed by atoms with Crippen molar-refractivity contribution in [2.45, 2.75) is 95.0 Å². The lowest BCUT2D eigenvalue weighted by atomic mass is 10.0. The minimum atomic E-state index is -0.964. The fourth-order valence-corrected chi connectivity index (χ4v) is 9.51. The average Bonchev–Trinajstić information content (AvgIpc) is 2.94. The number of hydrogen-bond acceptors (Lipinski definition) is 8. The Hall–Kier alpha value is -0.660. The molecule has 6 unspecified atom stereocenters. The Kier molecular flexibility index (Phi) is 6.18. The summed E-state index contributed by atoms with van der Waals surface area (Å²) in [5, 5.41) is 0.163. The fraction of sp³-hybridized carbons (Fsp3) is 0.762. The second-order valence-corrected chi connectivity index (χ2v) is 13.7. The van der Waals surface area contributed by atoms with Crippen LogP contribution >= 0.6 is 28.6 Å². The van der Waals surface area contributed by atoms with Gasteiger partial charge < -0.3 is 28.8 Å². The van der Waals surface area contributed by atoms with Crippen LogP contribution in [0.4, 0.5) is 5.82 Å². The Morgan fingerprint density at radius 1 is 1.21 bits per heavy atom. The van der Waals surface area contributed by atoms with Crippen LogP contribution in [0.15, 0.2) is 6.33 Å². The SMILES string of the molecule is CC(C)OP(CCC12PC1C(n1cnc3c(N)nc(Cl)nc31)C1OC(C)(C)OC12)OC(C)C. The Morgan fingerprint density at radius 3 is 2.58 bits per heavy atom. The number of nitrogen functional groups attached to an aromatic ring is 1. The van der Waals surface area contributed by atoms with Gasteiger partial charge in [-0.15, -0.1) is 8.58 Å². The highest BCUT2D eigenvalue weighted by atomic mass is 35.5. The number of aromatic nitrogens is 4. The van der Waals surface area contributed by atoms with Gasteiger partial charge in [0.1, 0.15) is 11.6 Å². The van der Waals surface area contributed by atoms with E-state index in [0.717, 1.165) is 21.2 Å². The maximum Gasteiger partial charge on any atom is 0.226 e. The third-order valence-corrected chi connectivity index (χ3v) is 10.6. The number of imidazole rings is 1. The first-order valence-electron chi connectivity index (χ1n) is 11.4. The number of fused-ring (bicyclic) bond motifs is 4. The van der Waals surface area contributed by atoms with Gasteiger partial charge in [0, 0.05) is 17.0 Å². The van der Waals surface area contributed by atoms with Gasteiger partial charge in [0.05, 0.1) is 30.7 Å². The summed E-state index contributed by atoms with van der Waals surface area (Å²) >= 11 is 6.13. The summed E-state index contributed by atoms with van der Waals surface area (Å²) in [4.78, 5) is 13.0. The van der Waals surface area contributed by atoms with E-state index in [4.69, 9.17) is 35.9 Å². The van der Waals surface area contributed by atoms with Crippen LogP contribution in [0.2, 0.25) is 5.28 Å². The molecule has 2 aromatic rings. The molecular formula is C21H32ClN5O4P2. The number of nitrogens with two attached hydrogens (primary N) is 1. The second-order valence-electron chi connectivity index (χ2n) is 9.99. The predicted molar refractivity (Wildman–Crippen MR) is 131 cm³/mol. The van der Waals surface area contributed by atoms with Crippen molar-refractivity contribution in [1.29, 1.82) is 0 Å². The number of hydrogen-bond donors (Lipinski definition) is 1. The maximum atomic E-state index is 6.51. The van der Waals surface area contributed by atoms with E-state index < -0.39 is 14.2 Å². The first kappa shape index (κ1) is 24.1. The molecule has 33 heavy (non-hydrogen) atoms. The van der Waals surface area contributed by atoms with Crippen LogP contribution in [0, 0.1) is 0 Å². The normalized spacial score (nSPS) is 33.0. The van der Waals surface area contributed by atoms with Crippen molar-refractivity contribution < 1.29 is 18.5 Å². The topological polar surface area (TPSA) is 107 Å². The molecule has 9 nitrogen and oxygen atoms in total. The molecule has 2 aromatic heterocycles. The van der Waals surface area contributed by atoms with Gasteiger partial charge in [-0.1, -0.05) is 0 Å². The first-order valence-corrected chi connectivity index (χ1v) is 14.2. The maximum absolute atomic E-state index is 6.51. The molecule has 3 fully saturated rings. The summed E-state index contributed by atoms with van der Waals surface area (Å²) in [5.74, 6) is -0.358. The van der Waals surface area contributed by atoms with E-state index in [9.17, 15) is 0 Å². The Balaban J connectivity index is 1.45. The van der Waals surface area contributed by atoms with Crippen LogP contribution in [-0.4, -0.2) is 66.7 Å². The second kappa shape index (κ2) is 8.48. The highest BCUT2D eigenvalue weighted by Gasteiger charge is 2.75.